The van der Waals surface area contributed by atoms with Crippen LogP contribution in [0.25, 0.3) is 0 Å². The fraction of sp³-hybridized carbons (Fsp3) is 0.526. The summed E-state index contributed by atoms with van der Waals surface area (Å²) in [6.45, 7) is 5.54. The molecule has 0 saturated heterocycles. The zero-order valence-electron chi connectivity index (χ0n) is 16.1. The second kappa shape index (κ2) is 9.08. The zero-order chi connectivity index (χ0) is 19.2. The van der Waals surface area contributed by atoms with Crippen LogP contribution >= 0.6 is 11.6 Å². The molecule has 2 atom stereocenters. The lowest BCUT2D eigenvalue weighted by molar-refractivity contribution is 0.223. The summed E-state index contributed by atoms with van der Waals surface area (Å²) in [7, 11) is 1.78. The summed E-state index contributed by atoms with van der Waals surface area (Å²) >= 11 is 5.90. The highest BCUT2D eigenvalue weighted by molar-refractivity contribution is 6.30. The number of benzene rings is 1. The standard InChI is InChI=1S/C19H27ClN6O/c1-4-17-24-18-10-7-15(12-26(18)25-17)23-19(21-3)22-11-13(2)27-16-8-5-14(20)6-9-16/h5-6,8-9,13,15H,4,7,10-12H2,1-3H3,(H2,21,22,23). The smallest absolute Gasteiger partial charge is 0.191 e. The molecule has 27 heavy (non-hydrogen) atoms. The number of nitrogens with one attached hydrogen (secondary N) is 2. The highest BCUT2D eigenvalue weighted by Crippen LogP contribution is 2.16. The molecular weight excluding hydrogens is 364 g/mol. The van der Waals surface area contributed by atoms with Gasteiger partial charge in [-0.25, -0.2) is 9.67 Å². The number of halogens is 1. The highest BCUT2D eigenvalue weighted by Gasteiger charge is 2.22. The molecule has 1 aliphatic rings. The van der Waals surface area contributed by atoms with Crippen molar-refractivity contribution in [2.24, 2.45) is 4.99 Å². The first kappa shape index (κ1) is 19.5. The third-order valence-corrected chi connectivity index (χ3v) is 4.74. The van der Waals surface area contributed by atoms with Gasteiger partial charge < -0.3 is 15.4 Å². The topological polar surface area (TPSA) is 76.4 Å². The number of fused-ring (bicyclic) bond motifs is 1. The summed E-state index contributed by atoms with van der Waals surface area (Å²) in [6.07, 6.45) is 2.80. The normalized spacial score (nSPS) is 17.9. The van der Waals surface area contributed by atoms with Gasteiger partial charge in [0.15, 0.2) is 11.8 Å². The van der Waals surface area contributed by atoms with Crippen molar-refractivity contribution >= 4 is 17.6 Å². The fourth-order valence-corrected chi connectivity index (χ4v) is 3.17. The Balaban J connectivity index is 1.47. The molecule has 7 nitrogen and oxygen atoms in total. The van der Waals surface area contributed by atoms with Crippen molar-refractivity contribution < 1.29 is 4.74 Å². The Hall–Kier alpha value is -2.28. The van der Waals surface area contributed by atoms with Crippen LogP contribution in [0.4, 0.5) is 0 Å². The van der Waals surface area contributed by atoms with E-state index in [0.29, 0.717) is 11.6 Å². The second-order valence-electron chi connectivity index (χ2n) is 6.70. The average Bonchev–Trinajstić information content (AvgIpc) is 3.09. The van der Waals surface area contributed by atoms with E-state index < -0.39 is 0 Å². The van der Waals surface area contributed by atoms with Crippen LogP contribution in [0.15, 0.2) is 29.3 Å². The lowest BCUT2D eigenvalue weighted by atomic mass is 10.1. The van der Waals surface area contributed by atoms with Gasteiger partial charge in [-0.2, -0.15) is 5.10 Å². The predicted octanol–water partition coefficient (Wildman–Crippen LogP) is 2.44. The largest absolute Gasteiger partial charge is 0.489 e. The monoisotopic (exact) mass is 390 g/mol. The number of rotatable bonds is 6. The number of aromatic nitrogens is 3. The van der Waals surface area contributed by atoms with Crippen molar-refractivity contribution in [3.63, 3.8) is 0 Å². The van der Waals surface area contributed by atoms with Crippen LogP contribution in [0.5, 0.6) is 5.75 Å². The SMILES string of the molecule is CCc1nc2n(n1)CC(NC(=NC)NCC(C)Oc1ccc(Cl)cc1)CC2. The van der Waals surface area contributed by atoms with Gasteiger partial charge in [-0.15, -0.1) is 0 Å². The number of hydrogen-bond acceptors (Lipinski definition) is 4. The third-order valence-electron chi connectivity index (χ3n) is 4.49. The van der Waals surface area contributed by atoms with Crippen molar-refractivity contribution in [3.05, 3.63) is 40.9 Å². The van der Waals surface area contributed by atoms with E-state index in [0.717, 1.165) is 49.2 Å². The van der Waals surface area contributed by atoms with E-state index in [1.54, 1.807) is 7.05 Å². The Morgan fingerprint density at radius 1 is 1.41 bits per heavy atom. The summed E-state index contributed by atoms with van der Waals surface area (Å²) in [4.78, 5) is 8.89. The van der Waals surface area contributed by atoms with E-state index in [4.69, 9.17) is 16.3 Å². The summed E-state index contributed by atoms with van der Waals surface area (Å²) in [5.74, 6) is 3.57. The minimum atomic E-state index is -0.00916. The van der Waals surface area contributed by atoms with E-state index in [1.807, 2.05) is 35.9 Å². The highest BCUT2D eigenvalue weighted by atomic mass is 35.5. The number of aliphatic imine (C=N–C) groups is 1. The van der Waals surface area contributed by atoms with Crippen LogP contribution < -0.4 is 15.4 Å². The summed E-state index contributed by atoms with van der Waals surface area (Å²) in [5.41, 5.74) is 0. The van der Waals surface area contributed by atoms with Gasteiger partial charge in [0.05, 0.1) is 13.1 Å². The van der Waals surface area contributed by atoms with E-state index in [1.165, 1.54) is 0 Å². The molecule has 0 radical (unpaired) electrons. The van der Waals surface area contributed by atoms with Gasteiger partial charge in [0.25, 0.3) is 0 Å². The molecule has 0 aliphatic carbocycles. The molecule has 0 bridgehead atoms. The van der Waals surface area contributed by atoms with Crippen LogP contribution in [0.2, 0.25) is 5.02 Å². The van der Waals surface area contributed by atoms with Gasteiger partial charge in [-0.05, 0) is 37.6 Å². The van der Waals surface area contributed by atoms with Crippen LogP contribution in [0, 0.1) is 0 Å². The van der Waals surface area contributed by atoms with Gasteiger partial charge in [0.1, 0.15) is 17.7 Å². The number of guanidine groups is 1. The molecule has 0 spiro atoms. The number of nitrogens with zero attached hydrogens (tertiary/aromatic N) is 4. The molecule has 0 fully saturated rings. The lowest BCUT2D eigenvalue weighted by Crippen LogP contribution is -2.48. The van der Waals surface area contributed by atoms with Gasteiger partial charge >= 0.3 is 0 Å². The molecule has 2 aromatic rings. The summed E-state index contributed by atoms with van der Waals surface area (Å²) in [6, 6.07) is 7.66. The van der Waals surface area contributed by atoms with E-state index in [9.17, 15) is 0 Å². The Bertz CT molecular complexity index is 773. The Labute approximate surface area is 165 Å². The second-order valence-corrected chi connectivity index (χ2v) is 7.13. The molecule has 8 heteroatoms. The van der Waals surface area contributed by atoms with Gasteiger partial charge in [-0.1, -0.05) is 18.5 Å². The minimum Gasteiger partial charge on any atom is -0.489 e. The molecule has 0 saturated carbocycles. The predicted molar refractivity (Wildman–Crippen MR) is 108 cm³/mol. The van der Waals surface area contributed by atoms with Crippen molar-refractivity contribution in [3.8, 4) is 5.75 Å². The molecule has 1 aliphatic heterocycles. The van der Waals surface area contributed by atoms with E-state index >= 15 is 0 Å². The lowest BCUT2D eigenvalue weighted by Gasteiger charge is -2.26. The molecule has 1 aromatic heterocycles. The fourth-order valence-electron chi connectivity index (χ4n) is 3.04. The minimum absolute atomic E-state index is 0.00916. The van der Waals surface area contributed by atoms with Gasteiger partial charge in [-0.3, -0.25) is 4.99 Å². The molecule has 2 heterocycles. The first-order valence-corrected chi connectivity index (χ1v) is 9.77. The maximum absolute atomic E-state index is 5.90. The van der Waals surface area contributed by atoms with Crippen LogP contribution in [0.1, 0.15) is 31.9 Å². The Morgan fingerprint density at radius 3 is 2.89 bits per heavy atom. The third kappa shape index (κ3) is 5.35. The maximum atomic E-state index is 5.90. The zero-order valence-corrected chi connectivity index (χ0v) is 16.8. The quantitative estimate of drug-likeness (QED) is 0.585. The van der Waals surface area contributed by atoms with Gasteiger partial charge in [0, 0.05) is 31.0 Å². The summed E-state index contributed by atoms with van der Waals surface area (Å²) in [5, 5.41) is 12.1. The average molecular weight is 391 g/mol. The number of ether oxygens (including phenoxy) is 1. The maximum Gasteiger partial charge on any atom is 0.191 e. The Morgan fingerprint density at radius 2 is 2.19 bits per heavy atom. The molecule has 146 valence electrons. The molecule has 2 unspecified atom stereocenters. The number of hydrogen-bond donors (Lipinski definition) is 2. The van der Waals surface area contributed by atoms with E-state index in [-0.39, 0.29) is 12.1 Å². The molecule has 2 N–H and O–H groups in total. The Kier molecular flexibility index (Phi) is 6.55. The van der Waals surface area contributed by atoms with Crippen molar-refractivity contribution in [1.29, 1.82) is 0 Å². The first-order valence-electron chi connectivity index (χ1n) is 9.39. The number of aryl methyl sites for hydroxylation is 2. The van der Waals surface area contributed by atoms with Crippen LogP contribution in [-0.2, 0) is 19.4 Å². The molecule has 1 aromatic carbocycles. The van der Waals surface area contributed by atoms with Crippen LogP contribution in [0.3, 0.4) is 0 Å². The van der Waals surface area contributed by atoms with Crippen molar-refractivity contribution in [1.82, 2.24) is 25.4 Å². The van der Waals surface area contributed by atoms with Crippen molar-refractivity contribution in [2.45, 2.75) is 51.8 Å². The van der Waals surface area contributed by atoms with E-state index in [2.05, 4.69) is 32.6 Å². The van der Waals surface area contributed by atoms with Crippen molar-refractivity contribution in [2.75, 3.05) is 13.6 Å². The van der Waals surface area contributed by atoms with Gasteiger partial charge in [0.2, 0.25) is 0 Å². The first-order chi connectivity index (χ1) is 13.1. The van der Waals surface area contributed by atoms with Crippen LogP contribution in [-0.4, -0.2) is 46.5 Å². The molecular formula is C19H27ClN6O. The molecule has 0 amide bonds. The molecule has 3 rings (SSSR count). The summed E-state index contributed by atoms with van der Waals surface area (Å²) < 4.78 is 7.90.